The number of aliphatic carboxylic acids is 1. The van der Waals surface area contributed by atoms with Crippen LogP contribution in [0.25, 0.3) is 10.8 Å². The molecule has 2 aromatic rings. The molecule has 0 bridgehead atoms. The number of carboxylic acid groups (broad SMARTS) is 1. The maximum Gasteiger partial charge on any atom is 0.332 e. The summed E-state index contributed by atoms with van der Waals surface area (Å²) in [5, 5.41) is 19.1. The monoisotopic (exact) mass is 309 g/mol. The van der Waals surface area contributed by atoms with Crippen molar-refractivity contribution in [3.63, 3.8) is 0 Å². The van der Waals surface area contributed by atoms with E-state index in [2.05, 4.69) is 4.72 Å². The van der Waals surface area contributed by atoms with E-state index in [1.165, 1.54) is 6.07 Å². The minimum Gasteiger partial charge on any atom is -0.479 e. The molecule has 112 valence electrons. The van der Waals surface area contributed by atoms with Gasteiger partial charge in [-0.2, -0.15) is 0 Å². The number of nitrogens with one attached hydrogen (secondary N) is 1. The third kappa shape index (κ3) is 3.57. The maximum atomic E-state index is 12.3. The molecule has 3 N–H and O–H groups in total. The summed E-state index contributed by atoms with van der Waals surface area (Å²) in [6.45, 7) is -0.154. The fraction of sp³-hybridized carbons (Fsp3) is 0.214. The standard InChI is InChI=1S/C14H15NO5S/c16-12(14(17)18)8-9-15-21(19,20)13-7-3-5-10-4-1-2-6-11(10)13/h1-7,12,15-16H,8-9H2,(H,17,18)/t12-/m0/s1. The highest BCUT2D eigenvalue weighted by Gasteiger charge is 2.18. The van der Waals surface area contributed by atoms with Crippen LogP contribution in [0.5, 0.6) is 0 Å². The molecule has 1 atom stereocenters. The van der Waals surface area contributed by atoms with Gasteiger partial charge in [-0.25, -0.2) is 17.9 Å². The number of aliphatic hydroxyl groups excluding tert-OH is 1. The van der Waals surface area contributed by atoms with E-state index in [4.69, 9.17) is 10.2 Å². The van der Waals surface area contributed by atoms with E-state index < -0.39 is 22.1 Å². The summed E-state index contributed by atoms with van der Waals surface area (Å²) in [5.41, 5.74) is 0. The number of carbonyl (C=O) groups is 1. The van der Waals surface area contributed by atoms with Gasteiger partial charge in [0.25, 0.3) is 0 Å². The van der Waals surface area contributed by atoms with E-state index in [1.807, 2.05) is 18.2 Å². The molecular weight excluding hydrogens is 294 g/mol. The Bertz CT molecular complexity index is 752. The minimum atomic E-state index is -3.76. The van der Waals surface area contributed by atoms with Crippen LogP contribution in [0.3, 0.4) is 0 Å². The largest absolute Gasteiger partial charge is 0.479 e. The summed E-state index contributed by atoms with van der Waals surface area (Å²) in [5.74, 6) is -1.38. The van der Waals surface area contributed by atoms with Gasteiger partial charge in [0.05, 0.1) is 4.90 Å². The Morgan fingerprint density at radius 3 is 2.52 bits per heavy atom. The SMILES string of the molecule is O=C(O)[C@@H](O)CCNS(=O)(=O)c1cccc2ccccc12. The number of hydrogen-bond donors (Lipinski definition) is 3. The third-order valence-electron chi connectivity index (χ3n) is 3.03. The second kappa shape index (κ2) is 6.21. The molecule has 6 nitrogen and oxygen atoms in total. The molecule has 0 aliphatic heterocycles. The van der Waals surface area contributed by atoms with E-state index in [-0.39, 0.29) is 17.9 Å². The van der Waals surface area contributed by atoms with Gasteiger partial charge < -0.3 is 10.2 Å². The maximum absolute atomic E-state index is 12.3. The van der Waals surface area contributed by atoms with Crippen molar-refractivity contribution in [3.05, 3.63) is 42.5 Å². The van der Waals surface area contributed by atoms with Crippen LogP contribution in [0.2, 0.25) is 0 Å². The zero-order chi connectivity index (χ0) is 15.5. The summed E-state index contributed by atoms with van der Waals surface area (Å²) in [6, 6.07) is 12.0. The van der Waals surface area contributed by atoms with Gasteiger partial charge in [0.1, 0.15) is 0 Å². The number of hydrogen-bond acceptors (Lipinski definition) is 4. The molecule has 0 fully saturated rings. The molecule has 0 spiro atoms. The highest BCUT2D eigenvalue weighted by Crippen LogP contribution is 2.22. The van der Waals surface area contributed by atoms with Crippen molar-refractivity contribution >= 4 is 26.8 Å². The molecule has 0 aliphatic rings. The first kappa shape index (κ1) is 15.4. The second-order valence-electron chi connectivity index (χ2n) is 4.52. The van der Waals surface area contributed by atoms with Crippen molar-refractivity contribution in [3.8, 4) is 0 Å². The van der Waals surface area contributed by atoms with Crippen LogP contribution in [0, 0.1) is 0 Å². The van der Waals surface area contributed by atoms with Gasteiger partial charge in [-0.3, -0.25) is 0 Å². The minimum absolute atomic E-state index is 0.130. The number of fused-ring (bicyclic) bond motifs is 1. The van der Waals surface area contributed by atoms with Gasteiger partial charge >= 0.3 is 5.97 Å². The van der Waals surface area contributed by atoms with Crippen LogP contribution in [0.1, 0.15) is 6.42 Å². The van der Waals surface area contributed by atoms with Gasteiger partial charge in [0.2, 0.25) is 10.0 Å². The normalized spacial score (nSPS) is 13.2. The van der Waals surface area contributed by atoms with E-state index >= 15 is 0 Å². The Kier molecular flexibility index (Phi) is 4.56. The van der Waals surface area contributed by atoms with E-state index in [1.54, 1.807) is 18.2 Å². The Hall–Kier alpha value is -1.96. The Labute approximate surface area is 122 Å². The molecule has 0 radical (unpaired) electrons. The molecule has 0 unspecified atom stereocenters. The van der Waals surface area contributed by atoms with Gasteiger partial charge in [0, 0.05) is 11.9 Å². The lowest BCUT2D eigenvalue weighted by Gasteiger charge is -2.10. The molecule has 2 rings (SSSR count). The van der Waals surface area contributed by atoms with E-state index in [0.717, 1.165) is 5.39 Å². The van der Waals surface area contributed by atoms with Gasteiger partial charge in [0.15, 0.2) is 6.10 Å². The lowest BCUT2D eigenvalue weighted by Crippen LogP contribution is -2.30. The van der Waals surface area contributed by atoms with E-state index in [9.17, 15) is 13.2 Å². The fourth-order valence-electron chi connectivity index (χ4n) is 1.96. The molecule has 2 aromatic carbocycles. The average molecular weight is 309 g/mol. The van der Waals surface area contributed by atoms with Crippen molar-refractivity contribution < 1.29 is 23.4 Å². The van der Waals surface area contributed by atoms with Crippen molar-refractivity contribution in [2.75, 3.05) is 6.54 Å². The Balaban J connectivity index is 2.20. The fourth-order valence-corrected chi connectivity index (χ4v) is 3.24. The zero-order valence-corrected chi connectivity index (χ0v) is 11.9. The van der Waals surface area contributed by atoms with Crippen molar-refractivity contribution in [2.45, 2.75) is 17.4 Å². The quantitative estimate of drug-likeness (QED) is 0.737. The van der Waals surface area contributed by atoms with Gasteiger partial charge in [-0.15, -0.1) is 0 Å². The number of aliphatic hydroxyl groups is 1. The first-order valence-corrected chi connectivity index (χ1v) is 7.78. The zero-order valence-electron chi connectivity index (χ0n) is 11.1. The van der Waals surface area contributed by atoms with Crippen LogP contribution < -0.4 is 4.72 Å². The van der Waals surface area contributed by atoms with Crippen LogP contribution >= 0.6 is 0 Å². The molecule has 0 amide bonds. The van der Waals surface area contributed by atoms with Crippen molar-refractivity contribution in [1.29, 1.82) is 0 Å². The molecule has 0 aliphatic carbocycles. The van der Waals surface area contributed by atoms with Crippen LogP contribution in [0.15, 0.2) is 47.4 Å². The van der Waals surface area contributed by atoms with Gasteiger partial charge in [-0.05, 0) is 17.9 Å². The first-order chi connectivity index (χ1) is 9.92. The number of sulfonamides is 1. The summed E-state index contributed by atoms with van der Waals surface area (Å²) in [7, 11) is -3.76. The molecule has 0 aromatic heterocycles. The molecule has 0 saturated heterocycles. The Morgan fingerprint density at radius 2 is 1.81 bits per heavy atom. The number of rotatable bonds is 6. The first-order valence-electron chi connectivity index (χ1n) is 6.30. The third-order valence-corrected chi connectivity index (χ3v) is 4.55. The molecule has 0 saturated carbocycles. The number of carboxylic acids is 1. The molecule has 7 heteroatoms. The average Bonchev–Trinajstić information content (AvgIpc) is 2.46. The summed E-state index contributed by atoms with van der Waals surface area (Å²) < 4.78 is 26.8. The molecular formula is C14H15NO5S. The lowest BCUT2D eigenvalue weighted by atomic mass is 10.1. The smallest absolute Gasteiger partial charge is 0.332 e. The van der Waals surface area contributed by atoms with Crippen LogP contribution in [-0.4, -0.2) is 37.2 Å². The molecule has 21 heavy (non-hydrogen) atoms. The van der Waals surface area contributed by atoms with Crippen molar-refractivity contribution in [2.24, 2.45) is 0 Å². The van der Waals surface area contributed by atoms with E-state index in [0.29, 0.717) is 5.39 Å². The lowest BCUT2D eigenvalue weighted by molar-refractivity contribution is -0.146. The predicted molar refractivity (Wildman–Crippen MR) is 77.4 cm³/mol. The Morgan fingerprint density at radius 1 is 1.14 bits per heavy atom. The van der Waals surface area contributed by atoms with Crippen molar-refractivity contribution in [1.82, 2.24) is 4.72 Å². The highest BCUT2D eigenvalue weighted by molar-refractivity contribution is 7.89. The number of benzene rings is 2. The second-order valence-corrected chi connectivity index (χ2v) is 6.25. The van der Waals surface area contributed by atoms with Crippen LogP contribution in [0.4, 0.5) is 0 Å². The highest BCUT2D eigenvalue weighted by atomic mass is 32.2. The topological polar surface area (TPSA) is 104 Å². The summed E-state index contributed by atoms with van der Waals surface area (Å²) in [6.07, 6.45) is -1.78. The summed E-state index contributed by atoms with van der Waals surface area (Å²) in [4.78, 5) is 10.6. The molecule has 0 heterocycles. The summed E-state index contributed by atoms with van der Waals surface area (Å²) >= 11 is 0. The van der Waals surface area contributed by atoms with Gasteiger partial charge in [-0.1, -0.05) is 36.4 Å². The van der Waals surface area contributed by atoms with Crippen LogP contribution in [-0.2, 0) is 14.8 Å². The predicted octanol–water partition coefficient (Wildman–Crippen LogP) is 0.954.